The van der Waals surface area contributed by atoms with Crippen LogP contribution in [0.15, 0.2) is 0 Å². The van der Waals surface area contributed by atoms with Gasteiger partial charge in [0.1, 0.15) is 5.82 Å². The molecule has 0 spiro atoms. The summed E-state index contributed by atoms with van der Waals surface area (Å²) in [7, 11) is -3.44. The van der Waals surface area contributed by atoms with Gasteiger partial charge in [-0.15, -0.1) is 0 Å². The first kappa shape index (κ1) is 20.2. The Labute approximate surface area is 159 Å². The predicted molar refractivity (Wildman–Crippen MR) is 101 cm³/mol. The summed E-state index contributed by atoms with van der Waals surface area (Å²) in [6.45, 7) is 5.28. The summed E-state index contributed by atoms with van der Waals surface area (Å²) in [5, 5.41) is 2.97. The highest BCUT2D eigenvalue weighted by Gasteiger charge is 2.37. The van der Waals surface area contributed by atoms with E-state index in [0.717, 1.165) is 25.9 Å². The third-order valence-corrected chi connectivity index (χ3v) is 6.28. The molecule has 0 radical (unpaired) electrons. The van der Waals surface area contributed by atoms with Gasteiger partial charge in [-0.05, 0) is 33.1 Å². The van der Waals surface area contributed by atoms with Crippen molar-refractivity contribution >= 4 is 21.8 Å². The summed E-state index contributed by atoms with van der Waals surface area (Å²) in [5.41, 5.74) is 1.05. The molecule has 0 atom stereocenters. The third kappa shape index (κ3) is 5.25. The van der Waals surface area contributed by atoms with Gasteiger partial charge in [-0.25, -0.2) is 26.9 Å². The Kier molecular flexibility index (Phi) is 5.85. The molecule has 10 heteroatoms. The number of halogens is 2. The van der Waals surface area contributed by atoms with Gasteiger partial charge in [0, 0.05) is 44.1 Å². The zero-order valence-corrected chi connectivity index (χ0v) is 16.6. The van der Waals surface area contributed by atoms with Crippen molar-refractivity contribution in [3.05, 3.63) is 11.3 Å². The van der Waals surface area contributed by atoms with E-state index in [1.807, 2.05) is 0 Å². The van der Waals surface area contributed by atoms with Gasteiger partial charge in [0.25, 0.3) is 5.92 Å². The van der Waals surface area contributed by atoms with E-state index < -0.39 is 22.4 Å². The molecule has 2 aliphatic rings. The zero-order chi connectivity index (χ0) is 19.7. The summed E-state index contributed by atoms with van der Waals surface area (Å²) in [5.74, 6) is -2.06. The first-order chi connectivity index (χ1) is 12.7. The van der Waals surface area contributed by atoms with Crippen LogP contribution in [0.5, 0.6) is 0 Å². The van der Waals surface area contributed by atoms with Gasteiger partial charge in [0.15, 0.2) is 0 Å². The fourth-order valence-corrected chi connectivity index (χ4v) is 4.69. The number of aromatic nitrogens is 2. The average Bonchev–Trinajstić information content (AvgIpc) is 3.07. The smallest absolute Gasteiger partial charge is 0.252 e. The van der Waals surface area contributed by atoms with Crippen molar-refractivity contribution in [1.82, 2.24) is 14.7 Å². The van der Waals surface area contributed by atoms with E-state index in [1.54, 1.807) is 13.8 Å². The predicted octanol–water partition coefficient (Wildman–Crippen LogP) is 1.94. The summed E-state index contributed by atoms with van der Waals surface area (Å²) < 4.78 is 54.3. The molecular weight excluding hydrogens is 376 g/mol. The molecule has 1 saturated heterocycles. The first-order valence-corrected chi connectivity index (χ1v) is 11.1. The van der Waals surface area contributed by atoms with Crippen molar-refractivity contribution in [1.29, 1.82) is 0 Å². The molecule has 1 aromatic heterocycles. The van der Waals surface area contributed by atoms with E-state index in [1.165, 1.54) is 0 Å². The average molecular weight is 403 g/mol. The minimum atomic E-state index is -3.44. The normalized spacial score (nSPS) is 19.4. The van der Waals surface area contributed by atoms with Crippen LogP contribution in [0.2, 0.25) is 0 Å². The maximum atomic E-state index is 13.9. The molecule has 2 N–H and O–H groups in total. The van der Waals surface area contributed by atoms with Gasteiger partial charge in [-0.3, -0.25) is 0 Å². The van der Waals surface area contributed by atoms with E-state index in [0.29, 0.717) is 23.0 Å². The lowest BCUT2D eigenvalue weighted by Gasteiger charge is -2.27. The highest BCUT2D eigenvalue weighted by molar-refractivity contribution is 7.89. The van der Waals surface area contributed by atoms with Crippen LogP contribution in [0, 0.1) is 0 Å². The van der Waals surface area contributed by atoms with Gasteiger partial charge in [-0.1, -0.05) is 0 Å². The molecule has 0 aromatic carbocycles. The number of hydrogen-bond donors (Lipinski definition) is 2. The number of rotatable bonds is 7. The Hall–Kier alpha value is -1.55. The van der Waals surface area contributed by atoms with Gasteiger partial charge in [-0.2, -0.15) is 4.98 Å². The number of nitrogens with zero attached hydrogens (tertiary/aromatic N) is 3. The molecule has 2 heterocycles. The molecule has 0 saturated carbocycles. The Morgan fingerprint density at radius 1 is 1.22 bits per heavy atom. The van der Waals surface area contributed by atoms with Gasteiger partial charge in [0.05, 0.1) is 11.4 Å². The molecule has 1 aliphatic heterocycles. The van der Waals surface area contributed by atoms with Crippen LogP contribution in [0.3, 0.4) is 0 Å². The molecule has 1 fully saturated rings. The first-order valence-electron chi connectivity index (χ1n) is 9.42. The molecule has 3 rings (SSSR count). The Morgan fingerprint density at radius 2 is 1.93 bits per heavy atom. The number of alkyl halides is 2. The molecule has 27 heavy (non-hydrogen) atoms. The highest BCUT2D eigenvalue weighted by Crippen LogP contribution is 2.36. The van der Waals surface area contributed by atoms with Gasteiger partial charge < -0.3 is 10.2 Å². The Bertz CT molecular complexity index is 780. The lowest BCUT2D eigenvalue weighted by atomic mass is 9.93. The Morgan fingerprint density at radius 3 is 2.59 bits per heavy atom. The second-order valence-electron chi connectivity index (χ2n) is 7.54. The number of anilines is 2. The van der Waals surface area contributed by atoms with E-state index in [2.05, 4.69) is 24.9 Å². The highest BCUT2D eigenvalue weighted by atomic mass is 32.2. The summed E-state index contributed by atoms with van der Waals surface area (Å²) in [4.78, 5) is 11.0. The molecule has 152 valence electrons. The molecule has 1 aromatic rings. The quantitative estimate of drug-likeness (QED) is 0.724. The minimum Gasteiger partial charge on any atom is -0.369 e. The van der Waals surface area contributed by atoms with E-state index in [-0.39, 0.29) is 31.2 Å². The standard InChI is InChI=1S/C17H27F2N5O2S/c1-12(2)23-27(25,26)10-7-20-15-13-11-17(18,19)6-5-14(13)21-16(22-15)24-8-3-4-9-24/h12,23H,3-11H2,1-2H3,(H,20,21,22). The van der Waals surface area contributed by atoms with Crippen LogP contribution in [-0.2, 0) is 22.9 Å². The monoisotopic (exact) mass is 403 g/mol. The zero-order valence-electron chi connectivity index (χ0n) is 15.8. The van der Waals surface area contributed by atoms with Crippen molar-refractivity contribution in [2.45, 2.75) is 57.9 Å². The molecule has 0 bridgehead atoms. The van der Waals surface area contributed by atoms with Crippen molar-refractivity contribution < 1.29 is 17.2 Å². The second kappa shape index (κ2) is 7.83. The van der Waals surface area contributed by atoms with Crippen molar-refractivity contribution in [3.8, 4) is 0 Å². The number of fused-ring (bicyclic) bond motifs is 1. The van der Waals surface area contributed by atoms with Crippen LogP contribution in [0.25, 0.3) is 0 Å². The fraction of sp³-hybridized carbons (Fsp3) is 0.765. The summed E-state index contributed by atoms with van der Waals surface area (Å²) in [6, 6.07) is -0.192. The van der Waals surface area contributed by atoms with Gasteiger partial charge >= 0.3 is 0 Å². The summed E-state index contributed by atoms with van der Waals surface area (Å²) in [6.07, 6.45) is 1.68. The van der Waals surface area contributed by atoms with Crippen LogP contribution < -0.4 is 14.9 Å². The van der Waals surface area contributed by atoms with Crippen LogP contribution >= 0.6 is 0 Å². The maximum absolute atomic E-state index is 13.9. The largest absolute Gasteiger partial charge is 0.369 e. The molecule has 0 amide bonds. The lowest BCUT2D eigenvalue weighted by Crippen LogP contribution is -2.35. The maximum Gasteiger partial charge on any atom is 0.252 e. The number of sulfonamides is 1. The van der Waals surface area contributed by atoms with Gasteiger partial charge in [0.2, 0.25) is 16.0 Å². The lowest BCUT2D eigenvalue weighted by molar-refractivity contribution is -0.0127. The third-order valence-electron chi connectivity index (χ3n) is 4.71. The molecule has 1 aliphatic carbocycles. The molecule has 7 nitrogen and oxygen atoms in total. The second-order valence-corrected chi connectivity index (χ2v) is 9.42. The van der Waals surface area contributed by atoms with Crippen molar-refractivity contribution in [2.24, 2.45) is 0 Å². The molecular formula is C17H27F2N5O2S. The minimum absolute atomic E-state index is 0.0938. The summed E-state index contributed by atoms with van der Waals surface area (Å²) >= 11 is 0. The topological polar surface area (TPSA) is 87.2 Å². The van der Waals surface area contributed by atoms with Crippen molar-refractivity contribution in [3.63, 3.8) is 0 Å². The van der Waals surface area contributed by atoms with Crippen LogP contribution in [-0.4, -0.2) is 55.7 Å². The van der Waals surface area contributed by atoms with Crippen LogP contribution in [0.4, 0.5) is 20.5 Å². The molecule has 0 unspecified atom stereocenters. The Balaban J connectivity index is 1.80. The number of aryl methyl sites for hydroxylation is 1. The van der Waals surface area contributed by atoms with Crippen LogP contribution in [0.1, 0.15) is 44.4 Å². The SMILES string of the molecule is CC(C)NS(=O)(=O)CCNc1nc(N2CCCC2)nc2c1CC(F)(F)CC2. The van der Waals surface area contributed by atoms with E-state index in [4.69, 9.17) is 0 Å². The fourth-order valence-electron chi connectivity index (χ4n) is 3.48. The van der Waals surface area contributed by atoms with E-state index >= 15 is 0 Å². The van der Waals surface area contributed by atoms with E-state index in [9.17, 15) is 17.2 Å². The number of hydrogen-bond acceptors (Lipinski definition) is 6. The number of nitrogens with one attached hydrogen (secondary N) is 2. The van der Waals surface area contributed by atoms with Crippen molar-refractivity contribution in [2.75, 3.05) is 35.6 Å².